The van der Waals surface area contributed by atoms with E-state index < -0.39 is 11.8 Å². The van der Waals surface area contributed by atoms with Gasteiger partial charge in [-0.25, -0.2) is 9.18 Å². The number of carboxylic acid groups (broad SMARTS) is 1. The van der Waals surface area contributed by atoms with Crippen LogP contribution in [0.15, 0.2) is 24.3 Å². The van der Waals surface area contributed by atoms with Crippen LogP contribution in [0.5, 0.6) is 0 Å². The van der Waals surface area contributed by atoms with Crippen LogP contribution in [-0.2, 0) is 0 Å². The van der Waals surface area contributed by atoms with Crippen LogP contribution in [-0.4, -0.2) is 17.6 Å². The molecule has 15 heavy (non-hydrogen) atoms. The fourth-order valence-corrected chi connectivity index (χ4v) is 1.15. The van der Waals surface area contributed by atoms with Crippen molar-refractivity contribution in [3.05, 3.63) is 41.2 Å². The molecule has 4 heteroatoms. The maximum atomic E-state index is 13.5. The van der Waals surface area contributed by atoms with Gasteiger partial charge in [0.2, 0.25) is 0 Å². The molecule has 3 nitrogen and oxygen atoms in total. The number of rotatable bonds is 4. The lowest BCUT2D eigenvalue weighted by molar-refractivity contribution is 0.0692. The lowest BCUT2D eigenvalue weighted by atomic mass is 10.1. The van der Waals surface area contributed by atoms with E-state index in [4.69, 9.17) is 10.8 Å². The normalized spacial score (nSPS) is 10.8. The van der Waals surface area contributed by atoms with Gasteiger partial charge in [-0.2, -0.15) is 0 Å². The van der Waals surface area contributed by atoms with Crippen molar-refractivity contribution in [3.63, 3.8) is 0 Å². The van der Waals surface area contributed by atoms with E-state index in [2.05, 4.69) is 0 Å². The van der Waals surface area contributed by atoms with Crippen LogP contribution < -0.4 is 5.73 Å². The molecular formula is C11H12FNO2. The Bertz CT molecular complexity index is 388. The largest absolute Gasteiger partial charge is 0.478 e. The van der Waals surface area contributed by atoms with Crippen molar-refractivity contribution in [3.8, 4) is 0 Å². The minimum absolute atomic E-state index is 0.267. The molecule has 80 valence electrons. The second-order valence-electron chi connectivity index (χ2n) is 2.99. The van der Waals surface area contributed by atoms with E-state index in [-0.39, 0.29) is 11.1 Å². The highest BCUT2D eigenvalue weighted by Crippen LogP contribution is 2.14. The molecule has 0 saturated carbocycles. The standard InChI is InChI=1S/C11H12FNO2/c12-10-8(4-1-2-7-13)5-3-6-9(10)11(14)15/h1,3-6H,2,7,13H2,(H,14,15). The van der Waals surface area contributed by atoms with Crippen molar-refractivity contribution >= 4 is 12.0 Å². The zero-order valence-electron chi connectivity index (χ0n) is 8.11. The summed E-state index contributed by atoms with van der Waals surface area (Å²) in [6.45, 7) is 0.483. The van der Waals surface area contributed by atoms with Crippen LogP contribution in [0.2, 0.25) is 0 Å². The van der Waals surface area contributed by atoms with E-state index in [9.17, 15) is 9.18 Å². The van der Waals surface area contributed by atoms with E-state index >= 15 is 0 Å². The second-order valence-corrected chi connectivity index (χ2v) is 2.99. The summed E-state index contributed by atoms with van der Waals surface area (Å²) < 4.78 is 13.5. The molecule has 0 aliphatic carbocycles. The number of aromatic carboxylic acids is 1. The first kappa shape index (κ1) is 11.4. The first-order valence-corrected chi connectivity index (χ1v) is 4.55. The van der Waals surface area contributed by atoms with Crippen LogP contribution in [0.3, 0.4) is 0 Å². The average molecular weight is 209 g/mol. The maximum absolute atomic E-state index is 13.5. The summed E-state index contributed by atoms with van der Waals surface area (Å²) in [4.78, 5) is 10.6. The lowest BCUT2D eigenvalue weighted by Gasteiger charge is -2.00. The molecule has 0 fully saturated rings. The van der Waals surface area contributed by atoms with Crippen molar-refractivity contribution in [1.29, 1.82) is 0 Å². The number of nitrogens with two attached hydrogens (primary N) is 1. The van der Waals surface area contributed by atoms with Crippen LogP contribution in [0.1, 0.15) is 22.3 Å². The summed E-state index contributed by atoms with van der Waals surface area (Å²) in [5.41, 5.74) is 5.22. The molecule has 0 aliphatic rings. The first-order chi connectivity index (χ1) is 7.16. The Morgan fingerprint density at radius 3 is 2.87 bits per heavy atom. The van der Waals surface area contributed by atoms with Crippen LogP contribution >= 0.6 is 0 Å². The van der Waals surface area contributed by atoms with Crippen molar-refractivity contribution in [2.75, 3.05) is 6.54 Å². The van der Waals surface area contributed by atoms with E-state index in [0.717, 1.165) is 0 Å². The second kappa shape index (κ2) is 5.26. The van der Waals surface area contributed by atoms with Gasteiger partial charge in [0.25, 0.3) is 0 Å². The minimum Gasteiger partial charge on any atom is -0.478 e. The van der Waals surface area contributed by atoms with Gasteiger partial charge in [0, 0.05) is 5.56 Å². The van der Waals surface area contributed by atoms with Crippen LogP contribution in [0.25, 0.3) is 6.08 Å². The predicted octanol–water partition coefficient (Wildman–Crippen LogP) is 1.89. The summed E-state index contributed by atoms with van der Waals surface area (Å²) in [5.74, 6) is -1.97. The molecule has 0 aliphatic heterocycles. The van der Waals surface area contributed by atoms with Gasteiger partial charge in [-0.15, -0.1) is 0 Å². The number of hydrogen-bond acceptors (Lipinski definition) is 2. The highest BCUT2D eigenvalue weighted by Gasteiger charge is 2.11. The lowest BCUT2D eigenvalue weighted by Crippen LogP contribution is -2.01. The first-order valence-electron chi connectivity index (χ1n) is 4.55. The summed E-state index contributed by atoms with van der Waals surface area (Å²) in [6, 6.07) is 4.27. The number of halogens is 1. The predicted molar refractivity (Wildman–Crippen MR) is 56.1 cm³/mol. The Morgan fingerprint density at radius 2 is 2.27 bits per heavy atom. The van der Waals surface area contributed by atoms with Crippen molar-refractivity contribution < 1.29 is 14.3 Å². The molecule has 0 bridgehead atoms. The summed E-state index contributed by atoms with van der Waals surface area (Å²) in [6.07, 6.45) is 3.88. The molecule has 3 N–H and O–H groups in total. The molecule has 0 unspecified atom stereocenters. The molecule has 0 aromatic heterocycles. The zero-order chi connectivity index (χ0) is 11.3. The smallest absolute Gasteiger partial charge is 0.338 e. The topological polar surface area (TPSA) is 63.3 Å². The monoisotopic (exact) mass is 209 g/mol. The highest BCUT2D eigenvalue weighted by atomic mass is 19.1. The molecular weight excluding hydrogens is 197 g/mol. The third-order valence-electron chi connectivity index (χ3n) is 1.89. The molecule has 1 aromatic rings. The van der Waals surface area contributed by atoms with Crippen molar-refractivity contribution in [1.82, 2.24) is 0 Å². The average Bonchev–Trinajstić information content (AvgIpc) is 2.20. The van der Waals surface area contributed by atoms with Gasteiger partial charge in [-0.05, 0) is 19.0 Å². The fourth-order valence-electron chi connectivity index (χ4n) is 1.15. The Labute approximate surface area is 87.0 Å². The Kier molecular flexibility index (Phi) is 4.00. The van der Waals surface area contributed by atoms with Gasteiger partial charge in [-0.1, -0.05) is 24.3 Å². The van der Waals surface area contributed by atoms with Gasteiger partial charge in [-0.3, -0.25) is 0 Å². The van der Waals surface area contributed by atoms with Crippen LogP contribution in [0.4, 0.5) is 4.39 Å². The van der Waals surface area contributed by atoms with Crippen molar-refractivity contribution in [2.45, 2.75) is 6.42 Å². The molecule has 0 heterocycles. The number of carboxylic acids is 1. The van der Waals surface area contributed by atoms with Gasteiger partial charge < -0.3 is 10.8 Å². The van der Waals surface area contributed by atoms with Gasteiger partial charge >= 0.3 is 5.97 Å². The molecule has 1 aromatic carbocycles. The van der Waals surface area contributed by atoms with E-state index in [1.165, 1.54) is 24.3 Å². The van der Waals surface area contributed by atoms with Crippen molar-refractivity contribution in [2.24, 2.45) is 5.73 Å². The third kappa shape index (κ3) is 2.89. The van der Waals surface area contributed by atoms with Gasteiger partial charge in [0.05, 0.1) is 5.56 Å². The van der Waals surface area contributed by atoms with E-state index in [1.807, 2.05) is 0 Å². The molecule has 0 saturated heterocycles. The van der Waals surface area contributed by atoms with Gasteiger partial charge in [0.1, 0.15) is 5.82 Å². The molecule has 0 amide bonds. The third-order valence-corrected chi connectivity index (χ3v) is 1.89. The molecule has 1 rings (SSSR count). The quantitative estimate of drug-likeness (QED) is 0.795. The molecule has 0 atom stereocenters. The number of carbonyl (C=O) groups is 1. The summed E-state index contributed by atoms with van der Waals surface area (Å²) in [7, 11) is 0. The Morgan fingerprint density at radius 1 is 1.53 bits per heavy atom. The molecule has 0 spiro atoms. The summed E-state index contributed by atoms with van der Waals surface area (Å²) >= 11 is 0. The SMILES string of the molecule is NCCC=Cc1cccc(C(=O)O)c1F. The maximum Gasteiger partial charge on any atom is 0.338 e. The minimum atomic E-state index is -1.26. The Balaban J connectivity index is 2.99. The Hall–Kier alpha value is -1.68. The number of benzene rings is 1. The zero-order valence-corrected chi connectivity index (χ0v) is 8.11. The number of hydrogen-bond donors (Lipinski definition) is 2. The van der Waals surface area contributed by atoms with E-state index in [1.54, 1.807) is 6.08 Å². The van der Waals surface area contributed by atoms with Gasteiger partial charge in [0.15, 0.2) is 0 Å². The highest BCUT2D eigenvalue weighted by molar-refractivity contribution is 5.88. The fraction of sp³-hybridized carbons (Fsp3) is 0.182. The summed E-state index contributed by atoms with van der Waals surface area (Å²) in [5, 5.41) is 8.68. The molecule has 0 radical (unpaired) electrons. The van der Waals surface area contributed by atoms with E-state index in [0.29, 0.717) is 13.0 Å². The van der Waals surface area contributed by atoms with Crippen LogP contribution in [0, 0.1) is 5.82 Å².